The highest BCUT2D eigenvalue weighted by Crippen LogP contribution is 2.32. The molecule has 1 unspecified atom stereocenters. The van der Waals surface area contributed by atoms with Crippen molar-refractivity contribution in [3.05, 3.63) is 101 Å². The third-order valence-corrected chi connectivity index (χ3v) is 6.72. The SMILES string of the molecule is C=C(C)c1c(C)cccc1-c1ccc(C(C)(C)C)cc1.CC.CC.CCC1Cc2ccc(C)cc2C1. The Labute approximate surface area is 223 Å². The van der Waals surface area contributed by atoms with Crippen LogP contribution >= 0.6 is 0 Å². The van der Waals surface area contributed by atoms with Crippen LogP contribution < -0.4 is 0 Å². The van der Waals surface area contributed by atoms with E-state index in [4.69, 9.17) is 0 Å². The third kappa shape index (κ3) is 8.51. The van der Waals surface area contributed by atoms with E-state index in [9.17, 15) is 0 Å². The zero-order chi connectivity index (χ0) is 27.5. The van der Waals surface area contributed by atoms with Crippen molar-refractivity contribution in [3.8, 4) is 11.1 Å². The summed E-state index contributed by atoms with van der Waals surface area (Å²) in [7, 11) is 0. The Morgan fingerprint density at radius 2 is 1.42 bits per heavy atom. The summed E-state index contributed by atoms with van der Waals surface area (Å²) >= 11 is 0. The maximum atomic E-state index is 4.13. The number of fused-ring (bicyclic) bond motifs is 1. The molecule has 1 atom stereocenters. The molecule has 0 radical (unpaired) electrons. The molecular weight excluding hydrogens is 432 g/mol. The summed E-state index contributed by atoms with van der Waals surface area (Å²) in [5.74, 6) is 0.918. The van der Waals surface area contributed by atoms with Gasteiger partial charge in [0.15, 0.2) is 0 Å². The molecule has 0 bridgehead atoms. The summed E-state index contributed by atoms with van der Waals surface area (Å²) in [6.07, 6.45) is 3.95. The molecule has 0 saturated carbocycles. The van der Waals surface area contributed by atoms with Gasteiger partial charge in [-0.1, -0.05) is 140 Å². The largest absolute Gasteiger partial charge is 0.0955 e. The van der Waals surface area contributed by atoms with Gasteiger partial charge in [-0.3, -0.25) is 0 Å². The standard InChI is InChI=1S/C20H24.C12H16.2C2H6/c1-14(2)19-15(3)8-7-9-18(19)16-10-12-17(13-11-16)20(4,5)6;1-3-10-7-11-5-4-9(2)6-12(11)8-10;2*1-2/h7-13H,1H2,2-6H3;4-6,10H,3,7-8H2,1-2H3;2*1-2H3. The van der Waals surface area contributed by atoms with Gasteiger partial charge in [-0.05, 0) is 83.9 Å². The van der Waals surface area contributed by atoms with E-state index in [0.29, 0.717) is 0 Å². The predicted molar refractivity (Wildman–Crippen MR) is 165 cm³/mol. The molecule has 3 aromatic rings. The smallest absolute Gasteiger partial charge is 0.0106 e. The lowest BCUT2D eigenvalue weighted by Crippen LogP contribution is -2.10. The normalized spacial score (nSPS) is 13.7. The molecular formula is C36H52. The Morgan fingerprint density at radius 1 is 0.833 bits per heavy atom. The van der Waals surface area contributed by atoms with Gasteiger partial charge in [0.2, 0.25) is 0 Å². The van der Waals surface area contributed by atoms with Crippen LogP contribution in [0, 0.1) is 19.8 Å². The van der Waals surface area contributed by atoms with Crippen LogP contribution in [0.5, 0.6) is 0 Å². The molecule has 0 heterocycles. The second kappa shape index (κ2) is 14.8. The van der Waals surface area contributed by atoms with Gasteiger partial charge in [0.25, 0.3) is 0 Å². The van der Waals surface area contributed by atoms with E-state index < -0.39 is 0 Å². The van der Waals surface area contributed by atoms with E-state index in [1.165, 1.54) is 52.6 Å². The molecule has 0 saturated heterocycles. The van der Waals surface area contributed by atoms with Gasteiger partial charge in [0.05, 0.1) is 0 Å². The van der Waals surface area contributed by atoms with Crippen molar-refractivity contribution in [3.63, 3.8) is 0 Å². The van der Waals surface area contributed by atoms with Crippen molar-refractivity contribution < 1.29 is 0 Å². The molecule has 0 fully saturated rings. The molecule has 0 nitrogen and oxygen atoms in total. The van der Waals surface area contributed by atoms with Gasteiger partial charge in [0, 0.05) is 0 Å². The van der Waals surface area contributed by atoms with Crippen molar-refractivity contribution in [2.75, 3.05) is 0 Å². The van der Waals surface area contributed by atoms with E-state index in [1.807, 2.05) is 27.7 Å². The van der Waals surface area contributed by atoms with Crippen molar-refractivity contribution in [1.82, 2.24) is 0 Å². The Balaban J connectivity index is 0.000000344. The number of benzene rings is 3. The highest BCUT2D eigenvalue weighted by atomic mass is 14.2. The van der Waals surface area contributed by atoms with E-state index in [1.54, 1.807) is 11.1 Å². The first kappa shape index (κ1) is 31.4. The summed E-state index contributed by atoms with van der Waals surface area (Å²) in [5.41, 5.74) is 12.4. The maximum Gasteiger partial charge on any atom is -0.0106 e. The van der Waals surface area contributed by atoms with Crippen LogP contribution in [0.1, 0.15) is 102 Å². The van der Waals surface area contributed by atoms with Crippen LogP contribution in [0.2, 0.25) is 0 Å². The molecule has 0 heteroatoms. The number of hydrogen-bond donors (Lipinski definition) is 0. The summed E-state index contributed by atoms with van der Waals surface area (Å²) in [6.45, 7) is 27.6. The molecule has 1 aliphatic carbocycles. The summed E-state index contributed by atoms with van der Waals surface area (Å²) in [5, 5.41) is 0. The fraction of sp³-hybridized carbons (Fsp3) is 0.444. The molecule has 36 heavy (non-hydrogen) atoms. The van der Waals surface area contributed by atoms with Gasteiger partial charge < -0.3 is 0 Å². The fourth-order valence-electron chi connectivity index (χ4n) is 4.75. The average molecular weight is 485 g/mol. The van der Waals surface area contributed by atoms with Gasteiger partial charge in [-0.2, -0.15) is 0 Å². The number of aryl methyl sites for hydroxylation is 2. The minimum atomic E-state index is 0.197. The summed E-state index contributed by atoms with van der Waals surface area (Å²) < 4.78 is 0. The van der Waals surface area contributed by atoms with Gasteiger partial charge >= 0.3 is 0 Å². The molecule has 196 valence electrons. The molecule has 3 aromatic carbocycles. The van der Waals surface area contributed by atoms with Gasteiger partial charge in [-0.25, -0.2) is 0 Å². The lowest BCUT2D eigenvalue weighted by atomic mass is 9.85. The van der Waals surface area contributed by atoms with E-state index >= 15 is 0 Å². The van der Waals surface area contributed by atoms with E-state index in [-0.39, 0.29) is 5.41 Å². The first-order valence-corrected chi connectivity index (χ1v) is 14.0. The van der Waals surface area contributed by atoms with Gasteiger partial charge in [-0.15, -0.1) is 0 Å². The fourth-order valence-corrected chi connectivity index (χ4v) is 4.75. The Bertz CT molecular complexity index is 1070. The van der Waals surface area contributed by atoms with Crippen molar-refractivity contribution in [2.24, 2.45) is 5.92 Å². The highest BCUT2D eigenvalue weighted by molar-refractivity contribution is 5.81. The Morgan fingerprint density at radius 3 is 1.94 bits per heavy atom. The molecule has 0 aliphatic heterocycles. The molecule has 0 N–H and O–H groups in total. The number of rotatable bonds is 3. The van der Waals surface area contributed by atoms with Crippen LogP contribution in [0.4, 0.5) is 0 Å². The van der Waals surface area contributed by atoms with Crippen molar-refractivity contribution >= 4 is 5.57 Å². The number of hydrogen-bond acceptors (Lipinski definition) is 0. The highest BCUT2D eigenvalue weighted by Gasteiger charge is 2.19. The molecule has 0 spiro atoms. The lowest BCUT2D eigenvalue weighted by molar-refractivity contribution is 0.543. The quantitative estimate of drug-likeness (QED) is 0.347. The first-order chi connectivity index (χ1) is 17.1. The van der Waals surface area contributed by atoms with Crippen LogP contribution in [-0.4, -0.2) is 0 Å². The lowest BCUT2D eigenvalue weighted by Gasteiger charge is -2.20. The monoisotopic (exact) mass is 484 g/mol. The summed E-state index contributed by atoms with van der Waals surface area (Å²) in [4.78, 5) is 0. The molecule has 0 aromatic heterocycles. The zero-order valence-corrected chi connectivity index (χ0v) is 25.2. The van der Waals surface area contributed by atoms with E-state index in [0.717, 1.165) is 11.5 Å². The Kier molecular flexibility index (Phi) is 13.0. The summed E-state index contributed by atoms with van der Waals surface area (Å²) in [6, 6.07) is 22.3. The first-order valence-electron chi connectivity index (χ1n) is 14.0. The second-order valence-electron chi connectivity index (χ2n) is 10.6. The van der Waals surface area contributed by atoms with Crippen molar-refractivity contribution in [1.29, 1.82) is 0 Å². The van der Waals surface area contributed by atoms with Crippen LogP contribution in [0.3, 0.4) is 0 Å². The van der Waals surface area contributed by atoms with Crippen molar-refractivity contribution in [2.45, 2.75) is 101 Å². The average Bonchev–Trinajstić information content (AvgIpc) is 3.28. The van der Waals surface area contributed by atoms with Crippen LogP contribution in [0.25, 0.3) is 16.7 Å². The Hall–Kier alpha value is -2.60. The predicted octanol–water partition coefficient (Wildman–Crippen LogP) is 11.2. The maximum absolute atomic E-state index is 4.13. The third-order valence-electron chi connectivity index (χ3n) is 6.72. The van der Waals surface area contributed by atoms with E-state index in [2.05, 4.69) is 116 Å². The van der Waals surface area contributed by atoms with Crippen LogP contribution in [0.15, 0.2) is 67.2 Å². The zero-order valence-electron chi connectivity index (χ0n) is 25.2. The molecule has 1 aliphatic rings. The minimum Gasteiger partial charge on any atom is -0.0955 e. The second-order valence-corrected chi connectivity index (χ2v) is 10.6. The van der Waals surface area contributed by atoms with Gasteiger partial charge in [0.1, 0.15) is 0 Å². The molecule has 0 amide bonds. The minimum absolute atomic E-state index is 0.197. The topological polar surface area (TPSA) is 0 Å². The molecule has 4 rings (SSSR count). The van der Waals surface area contributed by atoms with Crippen LogP contribution in [-0.2, 0) is 18.3 Å². The number of allylic oxidation sites excluding steroid dienone is 1.